The molecule has 1 aromatic carbocycles. The maximum Gasteiger partial charge on any atom is 0.242 e. The Labute approximate surface area is 214 Å². The van der Waals surface area contributed by atoms with E-state index in [9.17, 15) is 4.79 Å². The van der Waals surface area contributed by atoms with Crippen LogP contribution in [0.1, 0.15) is 48.7 Å². The number of carbonyl (C=O) groups is 1. The van der Waals surface area contributed by atoms with Gasteiger partial charge in [-0.3, -0.25) is 14.8 Å². The molecule has 2 unspecified atom stereocenters. The van der Waals surface area contributed by atoms with E-state index in [1.165, 1.54) is 5.56 Å². The molecular formula is C29H38N6O. The molecule has 0 saturated heterocycles. The van der Waals surface area contributed by atoms with Gasteiger partial charge in [0.15, 0.2) is 0 Å². The van der Waals surface area contributed by atoms with Gasteiger partial charge in [0.2, 0.25) is 5.91 Å². The Morgan fingerprint density at radius 3 is 2.64 bits per heavy atom. The van der Waals surface area contributed by atoms with Crippen LogP contribution in [-0.4, -0.2) is 42.1 Å². The summed E-state index contributed by atoms with van der Waals surface area (Å²) < 4.78 is 0. The largest absolute Gasteiger partial charge is 0.357 e. The van der Waals surface area contributed by atoms with Crippen molar-refractivity contribution in [1.29, 1.82) is 0 Å². The molecule has 36 heavy (non-hydrogen) atoms. The second-order valence-corrected chi connectivity index (χ2v) is 9.46. The van der Waals surface area contributed by atoms with Crippen LogP contribution in [0, 0.1) is 5.92 Å². The fraction of sp³-hybridized carbons (Fsp3) is 0.414. The highest BCUT2D eigenvalue weighted by Gasteiger charge is 2.36. The number of hydrogen-bond acceptors (Lipinski definition) is 6. The normalized spacial score (nSPS) is 16.6. The Kier molecular flexibility index (Phi) is 9.41. The number of nitrogens with two attached hydrogens (primary N) is 1. The van der Waals surface area contributed by atoms with E-state index in [0.29, 0.717) is 19.5 Å². The van der Waals surface area contributed by atoms with Crippen LogP contribution in [0.2, 0.25) is 0 Å². The second kappa shape index (κ2) is 13.1. The molecule has 4 N–H and O–H groups in total. The fourth-order valence-corrected chi connectivity index (χ4v) is 5.31. The first-order chi connectivity index (χ1) is 17.7. The number of rotatable bonds is 12. The van der Waals surface area contributed by atoms with Gasteiger partial charge in [0.1, 0.15) is 6.04 Å². The molecule has 0 spiro atoms. The summed E-state index contributed by atoms with van der Waals surface area (Å²) in [6.07, 6.45) is 8.28. The van der Waals surface area contributed by atoms with E-state index in [1.807, 2.05) is 54.9 Å². The molecule has 1 amide bonds. The van der Waals surface area contributed by atoms with Gasteiger partial charge in [0.25, 0.3) is 0 Å². The zero-order valence-corrected chi connectivity index (χ0v) is 21.1. The van der Waals surface area contributed by atoms with E-state index in [-0.39, 0.29) is 23.9 Å². The van der Waals surface area contributed by atoms with E-state index in [4.69, 9.17) is 10.7 Å². The first-order valence-corrected chi connectivity index (χ1v) is 13.0. The third-order valence-corrected chi connectivity index (χ3v) is 7.04. The molecule has 0 fully saturated rings. The molecule has 4 rings (SSSR count). The Morgan fingerprint density at radius 2 is 1.89 bits per heavy atom. The molecule has 3 aromatic rings. The van der Waals surface area contributed by atoms with Crippen LogP contribution in [-0.2, 0) is 17.8 Å². The van der Waals surface area contributed by atoms with Crippen molar-refractivity contribution < 1.29 is 4.79 Å². The van der Waals surface area contributed by atoms with Crippen LogP contribution in [0.5, 0.6) is 0 Å². The van der Waals surface area contributed by atoms with Crippen molar-refractivity contribution in [2.45, 2.75) is 50.7 Å². The van der Waals surface area contributed by atoms with Gasteiger partial charge in [0, 0.05) is 31.7 Å². The molecule has 1 aliphatic carbocycles. The first kappa shape index (κ1) is 25.8. The van der Waals surface area contributed by atoms with E-state index in [1.54, 1.807) is 7.05 Å². The average molecular weight is 487 g/mol. The number of amides is 1. The third-order valence-electron chi connectivity index (χ3n) is 7.04. The van der Waals surface area contributed by atoms with Crippen molar-refractivity contribution in [1.82, 2.24) is 20.6 Å². The Hall–Kier alpha value is -3.29. The second-order valence-electron chi connectivity index (χ2n) is 9.46. The van der Waals surface area contributed by atoms with Crippen molar-refractivity contribution in [2.24, 2.45) is 11.7 Å². The van der Waals surface area contributed by atoms with Gasteiger partial charge in [-0.1, -0.05) is 30.3 Å². The van der Waals surface area contributed by atoms with E-state index >= 15 is 0 Å². The number of para-hydroxylation sites is 1. The van der Waals surface area contributed by atoms with Crippen LogP contribution >= 0.6 is 0 Å². The summed E-state index contributed by atoms with van der Waals surface area (Å²) >= 11 is 0. The predicted molar refractivity (Wildman–Crippen MR) is 144 cm³/mol. The summed E-state index contributed by atoms with van der Waals surface area (Å²) in [7, 11) is 1.73. The molecule has 0 aliphatic heterocycles. The van der Waals surface area contributed by atoms with Crippen molar-refractivity contribution in [3.8, 4) is 0 Å². The third kappa shape index (κ3) is 6.47. The quantitative estimate of drug-likeness (QED) is 0.362. The highest BCUT2D eigenvalue weighted by molar-refractivity contribution is 5.85. The minimum absolute atomic E-state index is 0.0219. The Bertz CT molecular complexity index is 1080. The fourth-order valence-electron chi connectivity index (χ4n) is 5.31. The number of nitrogens with zero attached hydrogens (tertiary/aromatic N) is 3. The van der Waals surface area contributed by atoms with E-state index in [0.717, 1.165) is 49.3 Å². The zero-order valence-electron chi connectivity index (χ0n) is 21.1. The van der Waals surface area contributed by atoms with Crippen molar-refractivity contribution >= 4 is 11.6 Å². The minimum Gasteiger partial charge on any atom is -0.357 e. The molecular weight excluding hydrogens is 448 g/mol. The lowest BCUT2D eigenvalue weighted by molar-refractivity contribution is -0.122. The van der Waals surface area contributed by atoms with Crippen LogP contribution in [0.4, 0.5) is 5.69 Å². The van der Waals surface area contributed by atoms with Crippen molar-refractivity contribution in [3.63, 3.8) is 0 Å². The highest BCUT2D eigenvalue weighted by atomic mass is 16.2. The van der Waals surface area contributed by atoms with Crippen molar-refractivity contribution in [3.05, 3.63) is 90.0 Å². The van der Waals surface area contributed by atoms with Gasteiger partial charge in [-0.15, -0.1) is 0 Å². The highest BCUT2D eigenvalue weighted by Crippen LogP contribution is 2.38. The lowest BCUT2D eigenvalue weighted by atomic mass is 9.87. The minimum atomic E-state index is -0.344. The van der Waals surface area contributed by atoms with Gasteiger partial charge in [-0.2, -0.15) is 0 Å². The van der Waals surface area contributed by atoms with Gasteiger partial charge >= 0.3 is 0 Å². The predicted octanol–water partition coefficient (Wildman–Crippen LogP) is 3.62. The number of hydrogen-bond donors (Lipinski definition) is 3. The molecule has 7 heteroatoms. The number of carbonyl (C=O) groups excluding carboxylic acids is 1. The maximum absolute atomic E-state index is 13.5. The van der Waals surface area contributed by atoms with Gasteiger partial charge in [-0.05, 0) is 87.0 Å². The van der Waals surface area contributed by atoms with Gasteiger partial charge in [0.05, 0.1) is 17.4 Å². The molecule has 2 heterocycles. The van der Waals surface area contributed by atoms with Crippen molar-refractivity contribution in [2.75, 3.05) is 25.0 Å². The topological polar surface area (TPSA) is 96.2 Å². The standard InChI is InChI=1S/C29H38N6O/c1-31-29(36)27(19-22(15-16-30)20-32-21-24-11-5-6-17-33-24)35(25-12-3-2-4-13-25)26-14-7-9-23-10-8-18-34-28(23)26/h2-6,8,10-13,17-18,22,26-27,32H,7,9,14-16,19-21,30H2,1H3,(H,31,36)/t22?,26?,27-/m0/s1. The summed E-state index contributed by atoms with van der Waals surface area (Å²) in [5, 5.41) is 6.49. The molecule has 0 radical (unpaired) electrons. The average Bonchev–Trinajstić information content (AvgIpc) is 2.93. The number of anilines is 1. The number of likely N-dealkylation sites (N-methyl/N-ethyl adjacent to an activating group) is 1. The molecule has 2 aromatic heterocycles. The van der Waals surface area contributed by atoms with E-state index in [2.05, 4.69) is 38.7 Å². The maximum atomic E-state index is 13.5. The number of benzene rings is 1. The smallest absolute Gasteiger partial charge is 0.242 e. The Balaban J connectivity index is 1.62. The molecule has 3 atom stereocenters. The summed E-state index contributed by atoms with van der Waals surface area (Å²) in [5.74, 6) is 0.257. The molecule has 0 saturated carbocycles. The van der Waals surface area contributed by atoms with Crippen LogP contribution in [0.3, 0.4) is 0 Å². The van der Waals surface area contributed by atoms with Gasteiger partial charge in [-0.25, -0.2) is 0 Å². The van der Waals surface area contributed by atoms with Crippen LogP contribution < -0.4 is 21.3 Å². The number of pyridine rings is 2. The number of aromatic nitrogens is 2. The number of fused-ring (bicyclic) bond motifs is 1. The lowest BCUT2D eigenvalue weighted by Gasteiger charge is -2.42. The summed E-state index contributed by atoms with van der Waals surface area (Å²) in [5.41, 5.74) is 10.4. The Morgan fingerprint density at radius 1 is 1.08 bits per heavy atom. The summed E-state index contributed by atoms with van der Waals surface area (Å²) in [4.78, 5) is 25.0. The summed E-state index contributed by atoms with van der Waals surface area (Å²) in [6.45, 7) is 2.04. The number of aryl methyl sites for hydroxylation is 1. The molecule has 1 aliphatic rings. The molecule has 0 bridgehead atoms. The zero-order chi connectivity index (χ0) is 25.2. The van der Waals surface area contributed by atoms with Crippen LogP contribution in [0.25, 0.3) is 0 Å². The first-order valence-electron chi connectivity index (χ1n) is 13.0. The molecule has 190 valence electrons. The van der Waals surface area contributed by atoms with Crippen LogP contribution in [0.15, 0.2) is 73.1 Å². The van der Waals surface area contributed by atoms with E-state index < -0.39 is 0 Å². The monoisotopic (exact) mass is 486 g/mol. The SMILES string of the molecule is CNC(=O)[C@H](CC(CCN)CNCc1ccccn1)N(c1ccccc1)C1CCCc2cccnc21. The lowest BCUT2D eigenvalue weighted by Crippen LogP contribution is -2.50. The van der Waals surface area contributed by atoms with Gasteiger partial charge < -0.3 is 21.3 Å². The summed E-state index contributed by atoms with van der Waals surface area (Å²) in [6, 6.07) is 20.1. The number of nitrogens with one attached hydrogen (secondary N) is 2. The molecule has 7 nitrogen and oxygen atoms in total.